The number of nitrogens with zero attached hydrogens (tertiary/aromatic N) is 2. The molecular weight excluding hydrogens is 564 g/mol. The van der Waals surface area contributed by atoms with Gasteiger partial charge in [-0.15, -0.1) is 0 Å². The van der Waals surface area contributed by atoms with Crippen molar-refractivity contribution in [1.82, 2.24) is 0 Å². The summed E-state index contributed by atoms with van der Waals surface area (Å²) in [5, 5.41) is 2.75. The fourth-order valence-corrected chi connectivity index (χ4v) is 6.75. The second-order valence-electron chi connectivity index (χ2n) is 9.03. The molecule has 0 spiro atoms. The van der Waals surface area contributed by atoms with Gasteiger partial charge < -0.3 is 23.5 Å². The fourth-order valence-electron chi connectivity index (χ4n) is 4.65. The van der Waals surface area contributed by atoms with Crippen molar-refractivity contribution in [2.45, 2.75) is 19.4 Å². The number of rotatable bonds is 10. The Balaban J connectivity index is 1.60. The molecule has 0 radical (unpaired) electrons. The van der Waals surface area contributed by atoms with Crippen LogP contribution in [0.5, 0.6) is 11.5 Å². The van der Waals surface area contributed by atoms with Gasteiger partial charge in [0.15, 0.2) is 12.3 Å². The summed E-state index contributed by atoms with van der Waals surface area (Å²) in [5.41, 5.74) is 1.58. The molecule has 0 aliphatic carbocycles. The molecule has 10 nitrogen and oxygen atoms in total. The minimum atomic E-state index is -4.39. The third kappa shape index (κ3) is 6.17. The minimum absolute atomic E-state index is 0.0849. The summed E-state index contributed by atoms with van der Waals surface area (Å²) in [6.45, 7) is 0.486. The lowest BCUT2D eigenvalue weighted by atomic mass is 10.1. The van der Waals surface area contributed by atoms with E-state index in [2.05, 4.69) is 0 Å². The monoisotopic (exact) mass is 589 g/mol. The van der Waals surface area contributed by atoms with Crippen molar-refractivity contribution in [3.05, 3.63) is 65.5 Å². The van der Waals surface area contributed by atoms with Gasteiger partial charge in [0.2, 0.25) is 11.4 Å². The fraction of sp³-hybridized carbons (Fsp3) is 0.269. The van der Waals surface area contributed by atoms with E-state index < -0.39 is 31.7 Å². The molecule has 3 aromatic carbocycles. The number of methoxy groups -OCH3 is 1. The van der Waals surface area contributed by atoms with Gasteiger partial charge >= 0.3 is 0 Å². The van der Waals surface area contributed by atoms with Crippen LogP contribution >= 0.6 is 11.3 Å². The number of aryl methyl sites for hydroxylation is 1. The largest absolute Gasteiger partial charge is 0.748 e. The van der Waals surface area contributed by atoms with Gasteiger partial charge in [-0.25, -0.2) is 16.8 Å². The van der Waals surface area contributed by atoms with Crippen LogP contribution in [-0.4, -0.2) is 51.1 Å². The van der Waals surface area contributed by atoms with Crippen LogP contribution in [0.25, 0.3) is 27.1 Å². The van der Waals surface area contributed by atoms with E-state index in [1.54, 1.807) is 23.1 Å². The van der Waals surface area contributed by atoms with Crippen LogP contribution in [-0.2, 0) is 26.8 Å². The van der Waals surface area contributed by atoms with Crippen molar-refractivity contribution in [2.24, 2.45) is 0 Å². The first-order chi connectivity index (χ1) is 18.5. The molecule has 39 heavy (non-hydrogen) atoms. The van der Waals surface area contributed by atoms with Gasteiger partial charge in [-0.2, -0.15) is 4.57 Å². The number of thiazole rings is 1. The summed E-state index contributed by atoms with van der Waals surface area (Å²) in [6, 6.07) is 17.1. The third-order valence-corrected chi connectivity index (χ3v) is 9.02. The highest BCUT2D eigenvalue weighted by molar-refractivity contribution is 7.85. The molecule has 206 valence electrons. The van der Waals surface area contributed by atoms with Crippen molar-refractivity contribution in [3.63, 3.8) is 0 Å². The third-order valence-electron chi connectivity index (χ3n) is 6.35. The SMILES string of the molecule is COc1ccc2c(c1)N(CCCS(=O)(=O)[O-])/C(=C/c1sc3ccc4ccccc4c3[n+]1CCCS(=O)(=O)[O-])O2. The van der Waals surface area contributed by atoms with Crippen LogP contribution in [0, 0.1) is 0 Å². The van der Waals surface area contributed by atoms with Crippen LogP contribution in [0.1, 0.15) is 17.8 Å². The molecule has 4 aromatic rings. The highest BCUT2D eigenvalue weighted by Gasteiger charge is 2.30. The maximum Gasteiger partial charge on any atom is 0.268 e. The highest BCUT2D eigenvalue weighted by Crippen LogP contribution is 2.42. The van der Waals surface area contributed by atoms with E-state index in [4.69, 9.17) is 9.47 Å². The first-order valence-corrected chi connectivity index (χ1v) is 16.1. The summed E-state index contributed by atoms with van der Waals surface area (Å²) in [5.74, 6) is 0.539. The van der Waals surface area contributed by atoms with Crippen LogP contribution in [0.2, 0.25) is 0 Å². The predicted octanol–water partition coefficient (Wildman–Crippen LogP) is 3.42. The quantitative estimate of drug-likeness (QED) is 0.201. The molecule has 2 heterocycles. The summed E-state index contributed by atoms with van der Waals surface area (Å²) >= 11 is 1.48. The first-order valence-electron chi connectivity index (χ1n) is 12.1. The maximum absolute atomic E-state index is 11.3. The Bertz CT molecular complexity index is 1800. The number of ether oxygens (including phenoxy) is 2. The Morgan fingerprint density at radius 3 is 2.49 bits per heavy atom. The smallest absolute Gasteiger partial charge is 0.268 e. The summed E-state index contributed by atoms with van der Waals surface area (Å²) in [7, 11) is -7.23. The Morgan fingerprint density at radius 2 is 1.74 bits per heavy atom. The van der Waals surface area contributed by atoms with E-state index in [0.29, 0.717) is 23.1 Å². The number of anilines is 1. The summed E-state index contributed by atoms with van der Waals surface area (Å²) < 4.78 is 82.1. The van der Waals surface area contributed by atoms with Gasteiger partial charge in [0.25, 0.3) is 5.01 Å². The van der Waals surface area contributed by atoms with E-state index in [0.717, 1.165) is 26.0 Å². The molecule has 0 saturated heterocycles. The summed E-state index contributed by atoms with van der Waals surface area (Å²) in [4.78, 5) is 1.79. The average molecular weight is 590 g/mol. The number of hydrogen-bond donors (Lipinski definition) is 0. The maximum atomic E-state index is 11.3. The first kappa shape index (κ1) is 27.3. The zero-order valence-corrected chi connectivity index (χ0v) is 23.4. The Hall–Kier alpha value is -3.23. The molecule has 5 rings (SSSR count). The van der Waals surface area contributed by atoms with Crippen LogP contribution in [0.3, 0.4) is 0 Å². The van der Waals surface area contributed by atoms with Crippen LogP contribution in [0.4, 0.5) is 5.69 Å². The van der Waals surface area contributed by atoms with E-state index in [1.165, 1.54) is 18.4 Å². The minimum Gasteiger partial charge on any atom is -0.748 e. The predicted molar refractivity (Wildman–Crippen MR) is 147 cm³/mol. The number of fused-ring (bicyclic) bond motifs is 4. The lowest BCUT2D eigenvalue weighted by Gasteiger charge is -2.19. The van der Waals surface area contributed by atoms with Gasteiger partial charge in [0.05, 0.1) is 44.5 Å². The number of hydrogen-bond acceptors (Lipinski definition) is 10. The highest BCUT2D eigenvalue weighted by atomic mass is 32.2. The molecule has 1 aromatic heterocycles. The van der Waals surface area contributed by atoms with Gasteiger partial charge in [-0.3, -0.25) is 0 Å². The van der Waals surface area contributed by atoms with Crippen molar-refractivity contribution in [2.75, 3.05) is 30.1 Å². The zero-order valence-electron chi connectivity index (χ0n) is 20.9. The van der Waals surface area contributed by atoms with Gasteiger partial charge in [0, 0.05) is 30.5 Å². The lowest BCUT2D eigenvalue weighted by molar-refractivity contribution is -0.667. The molecule has 0 fully saturated rings. The molecule has 0 bridgehead atoms. The molecule has 13 heteroatoms. The molecule has 0 amide bonds. The summed E-state index contributed by atoms with van der Waals surface area (Å²) in [6.07, 6.45) is 2.02. The Labute approximate surface area is 230 Å². The molecule has 0 N–H and O–H groups in total. The van der Waals surface area contributed by atoms with Gasteiger partial charge in [0.1, 0.15) is 10.4 Å². The molecule has 0 saturated carbocycles. The second kappa shape index (κ2) is 10.7. The topological polar surface area (TPSA) is 140 Å². The standard InChI is InChI=1S/C26H26N2O8S3/c1-35-19-9-10-22-21(16-19)27(12-4-14-38(29,30)31)24(36-22)17-25-28(13-5-15-39(32,33)34)26-20-7-3-2-6-18(20)8-11-23(26)37-25/h2-3,6-11,16-17H,4-5,12-15H2,1H3,(H-,29,30,31,32,33,34)/p-1. The zero-order chi connectivity index (χ0) is 27.8. The van der Waals surface area contributed by atoms with Crippen molar-refractivity contribution < 1.29 is 40.0 Å². The number of benzene rings is 3. The molecular formula is C26H25N2O8S3-. The molecule has 0 atom stereocenters. The average Bonchev–Trinajstić information content (AvgIpc) is 3.40. The van der Waals surface area contributed by atoms with Crippen LogP contribution < -0.4 is 18.9 Å². The molecule has 1 aliphatic heterocycles. The van der Waals surface area contributed by atoms with E-state index in [-0.39, 0.29) is 25.9 Å². The van der Waals surface area contributed by atoms with Crippen molar-refractivity contribution in [1.29, 1.82) is 0 Å². The van der Waals surface area contributed by atoms with Crippen molar-refractivity contribution >= 4 is 64.3 Å². The van der Waals surface area contributed by atoms with Gasteiger partial charge in [-0.05, 0) is 36.1 Å². The van der Waals surface area contributed by atoms with Crippen molar-refractivity contribution in [3.8, 4) is 11.5 Å². The Kier molecular flexibility index (Phi) is 7.53. The van der Waals surface area contributed by atoms with E-state index in [1.807, 2.05) is 47.0 Å². The van der Waals surface area contributed by atoms with Crippen LogP contribution in [0.15, 0.2) is 60.5 Å². The van der Waals surface area contributed by atoms with Gasteiger partial charge in [-0.1, -0.05) is 35.6 Å². The molecule has 0 unspecified atom stereocenters. The second-order valence-corrected chi connectivity index (χ2v) is 13.1. The Morgan fingerprint density at radius 1 is 1.00 bits per heavy atom. The van der Waals surface area contributed by atoms with E-state index >= 15 is 0 Å². The molecule has 1 aliphatic rings. The lowest BCUT2D eigenvalue weighted by Crippen LogP contribution is -2.36. The number of aromatic nitrogens is 1. The normalized spacial score (nSPS) is 14.7. The van der Waals surface area contributed by atoms with E-state index in [9.17, 15) is 25.9 Å².